The Morgan fingerprint density at radius 1 is 0.786 bits per heavy atom. The summed E-state index contributed by atoms with van der Waals surface area (Å²) in [6, 6.07) is 34.8. The third-order valence-electron chi connectivity index (χ3n) is 7.45. The molecular weight excluding hydrogens is 542 g/mol. The second-order valence-electron chi connectivity index (χ2n) is 10.3. The van der Waals surface area contributed by atoms with E-state index in [0.29, 0.717) is 23.6 Å². The second-order valence-corrected chi connectivity index (χ2v) is 10.7. The van der Waals surface area contributed by atoms with Crippen LogP contribution in [0.1, 0.15) is 16.8 Å². The quantitative estimate of drug-likeness (QED) is 0.193. The number of nitrogens with one attached hydrogen (secondary N) is 1. The summed E-state index contributed by atoms with van der Waals surface area (Å²) in [6.07, 6.45) is 1.44. The third-order valence-corrected chi connectivity index (χ3v) is 7.86. The van der Waals surface area contributed by atoms with Gasteiger partial charge < -0.3 is 14.6 Å². The average Bonchev–Trinajstić information content (AvgIpc) is 3.64. The van der Waals surface area contributed by atoms with E-state index in [-0.39, 0.29) is 5.88 Å². The van der Waals surface area contributed by atoms with Crippen LogP contribution in [0.25, 0.3) is 28.2 Å². The molecule has 0 unspecified atom stereocenters. The Balaban J connectivity index is 1.35. The van der Waals surface area contributed by atoms with Crippen LogP contribution >= 0.6 is 12.2 Å². The second kappa shape index (κ2) is 11.8. The van der Waals surface area contributed by atoms with Crippen molar-refractivity contribution >= 4 is 17.9 Å². The highest BCUT2D eigenvalue weighted by atomic mass is 32.1. The minimum Gasteiger partial charge on any atom is -0.493 e. The standard InChI is InChI=1S/C33H31N7OS/c1-38(2)26-17-19-27(20-18-26)40-32(41)30(21-14-23-8-4-3-5-9-23)39(33(40)42)22-24-12-15-25(16-13-24)28-10-6-7-11-29(28)31-34-36-37-35-31/h3-13,15-20,41H,14,21-22H2,1-2H3,(H,34,35,36,37). The van der Waals surface area contributed by atoms with Gasteiger partial charge in [-0.2, -0.15) is 5.21 Å². The Kier molecular flexibility index (Phi) is 7.66. The van der Waals surface area contributed by atoms with Crippen LogP contribution in [0.4, 0.5) is 5.69 Å². The van der Waals surface area contributed by atoms with Crippen molar-refractivity contribution in [1.82, 2.24) is 29.8 Å². The van der Waals surface area contributed by atoms with Gasteiger partial charge >= 0.3 is 0 Å². The lowest BCUT2D eigenvalue weighted by atomic mass is 9.98. The highest BCUT2D eigenvalue weighted by Crippen LogP contribution is 2.31. The predicted octanol–water partition coefficient (Wildman–Crippen LogP) is 6.46. The van der Waals surface area contributed by atoms with Gasteiger partial charge in [-0.25, -0.2) is 0 Å². The van der Waals surface area contributed by atoms with Crippen LogP contribution in [0.15, 0.2) is 103 Å². The van der Waals surface area contributed by atoms with Crippen molar-refractivity contribution < 1.29 is 5.11 Å². The van der Waals surface area contributed by atoms with Gasteiger partial charge in [0.1, 0.15) is 0 Å². The molecule has 2 heterocycles. The number of hydrogen-bond acceptors (Lipinski definition) is 6. The van der Waals surface area contributed by atoms with Crippen LogP contribution in [-0.4, -0.2) is 49.0 Å². The van der Waals surface area contributed by atoms with Gasteiger partial charge in [-0.05, 0) is 76.8 Å². The lowest BCUT2D eigenvalue weighted by molar-refractivity contribution is 0.434. The minimum absolute atomic E-state index is 0.180. The smallest absolute Gasteiger partial charge is 0.218 e. The van der Waals surface area contributed by atoms with Gasteiger partial charge in [-0.3, -0.25) is 4.57 Å². The van der Waals surface area contributed by atoms with E-state index in [0.717, 1.165) is 45.7 Å². The fourth-order valence-corrected chi connectivity index (χ4v) is 5.57. The molecule has 6 rings (SSSR count). The Hall–Kier alpha value is -5.02. The van der Waals surface area contributed by atoms with Gasteiger partial charge in [-0.1, -0.05) is 78.9 Å². The number of aromatic nitrogens is 6. The molecule has 0 amide bonds. The van der Waals surface area contributed by atoms with Gasteiger partial charge in [0.15, 0.2) is 4.77 Å². The summed E-state index contributed by atoms with van der Waals surface area (Å²) in [5.41, 5.74) is 7.99. The fraction of sp³-hybridized carbons (Fsp3) is 0.152. The molecule has 9 heteroatoms. The van der Waals surface area contributed by atoms with Crippen LogP contribution in [-0.2, 0) is 19.4 Å². The fourth-order valence-electron chi connectivity index (χ4n) is 5.20. The lowest BCUT2D eigenvalue weighted by Gasteiger charge is -2.13. The van der Waals surface area contributed by atoms with Gasteiger partial charge in [0.05, 0.1) is 17.9 Å². The predicted molar refractivity (Wildman–Crippen MR) is 169 cm³/mol. The molecule has 0 spiro atoms. The summed E-state index contributed by atoms with van der Waals surface area (Å²) in [7, 11) is 4.01. The molecule has 4 aromatic carbocycles. The lowest BCUT2D eigenvalue weighted by Crippen LogP contribution is -2.08. The number of anilines is 1. The molecule has 0 fully saturated rings. The molecule has 42 heavy (non-hydrogen) atoms. The maximum atomic E-state index is 11.5. The maximum Gasteiger partial charge on any atom is 0.218 e. The first-order chi connectivity index (χ1) is 20.5. The summed E-state index contributed by atoms with van der Waals surface area (Å²) in [4.78, 5) is 2.05. The van der Waals surface area contributed by atoms with Crippen molar-refractivity contribution in [2.45, 2.75) is 19.4 Å². The number of H-pyrrole nitrogens is 1. The number of aromatic amines is 1. The Labute approximate surface area is 249 Å². The van der Waals surface area contributed by atoms with Crippen molar-refractivity contribution in [2.75, 3.05) is 19.0 Å². The summed E-state index contributed by atoms with van der Waals surface area (Å²) in [5, 5.41) is 26.1. The number of tetrazole rings is 1. The molecule has 2 aromatic heterocycles. The van der Waals surface area contributed by atoms with E-state index in [1.807, 2.05) is 79.7 Å². The summed E-state index contributed by atoms with van der Waals surface area (Å²) in [5.74, 6) is 0.735. The van der Waals surface area contributed by atoms with Crippen LogP contribution in [0.5, 0.6) is 5.88 Å². The maximum absolute atomic E-state index is 11.5. The van der Waals surface area contributed by atoms with E-state index in [1.165, 1.54) is 5.56 Å². The van der Waals surface area contributed by atoms with Crippen molar-refractivity contribution in [1.29, 1.82) is 0 Å². The number of nitrogens with zero attached hydrogens (tertiary/aromatic N) is 6. The molecule has 6 aromatic rings. The summed E-state index contributed by atoms with van der Waals surface area (Å²) in [6.45, 7) is 0.534. The van der Waals surface area contributed by atoms with Gasteiger partial charge in [0.2, 0.25) is 11.7 Å². The zero-order valence-electron chi connectivity index (χ0n) is 23.5. The first-order valence-corrected chi connectivity index (χ1v) is 14.2. The third kappa shape index (κ3) is 5.46. The monoisotopic (exact) mass is 573 g/mol. The molecule has 0 aliphatic rings. The largest absolute Gasteiger partial charge is 0.493 e. The van der Waals surface area contributed by atoms with Gasteiger partial charge in [-0.15, -0.1) is 10.2 Å². The van der Waals surface area contributed by atoms with Crippen LogP contribution in [0.2, 0.25) is 0 Å². The molecule has 0 radical (unpaired) electrons. The molecule has 0 saturated carbocycles. The highest BCUT2D eigenvalue weighted by Gasteiger charge is 2.19. The molecule has 2 N–H and O–H groups in total. The van der Waals surface area contributed by atoms with E-state index >= 15 is 0 Å². The number of hydrogen-bond donors (Lipinski definition) is 2. The van der Waals surface area contributed by atoms with Crippen molar-refractivity contribution in [3.05, 3.63) is 125 Å². The van der Waals surface area contributed by atoms with Crippen LogP contribution in [0.3, 0.4) is 0 Å². The molecule has 0 aliphatic carbocycles. The Morgan fingerprint density at radius 2 is 1.48 bits per heavy atom. The topological polar surface area (TPSA) is 87.8 Å². The van der Waals surface area contributed by atoms with E-state index in [2.05, 4.69) is 67.7 Å². The summed E-state index contributed by atoms with van der Waals surface area (Å²) < 4.78 is 4.38. The minimum atomic E-state index is 0.180. The molecule has 0 saturated heterocycles. The van der Waals surface area contributed by atoms with Crippen LogP contribution in [0, 0.1) is 4.77 Å². The van der Waals surface area contributed by atoms with Crippen molar-refractivity contribution in [3.8, 4) is 34.1 Å². The molecule has 0 atom stereocenters. The SMILES string of the molecule is CN(C)c1ccc(-n2c(O)c(CCc3ccccc3)n(Cc3ccc(-c4ccccc4-c4nn[nH]n4)cc3)c2=S)cc1. The van der Waals surface area contributed by atoms with E-state index in [9.17, 15) is 5.11 Å². The van der Waals surface area contributed by atoms with Crippen molar-refractivity contribution in [2.24, 2.45) is 0 Å². The zero-order valence-corrected chi connectivity index (χ0v) is 24.3. The number of imidazole rings is 1. The molecule has 0 bridgehead atoms. The van der Waals surface area contributed by atoms with Gasteiger partial charge in [0, 0.05) is 25.3 Å². The van der Waals surface area contributed by atoms with Crippen LogP contribution < -0.4 is 4.90 Å². The number of aromatic hydroxyl groups is 1. The highest BCUT2D eigenvalue weighted by molar-refractivity contribution is 7.71. The van der Waals surface area contributed by atoms with E-state index in [4.69, 9.17) is 12.2 Å². The molecule has 0 aliphatic heterocycles. The average molecular weight is 574 g/mol. The number of aryl methyl sites for hydroxylation is 1. The van der Waals surface area contributed by atoms with E-state index < -0.39 is 0 Å². The number of benzene rings is 4. The Bertz CT molecular complexity index is 1840. The van der Waals surface area contributed by atoms with Crippen molar-refractivity contribution in [3.63, 3.8) is 0 Å². The first kappa shape index (κ1) is 27.2. The molecule has 8 nitrogen and oxygen atoms in total. The number of rotatable bonds is 9. The van der Waals surface area contributed by atoms with Gasteiger partial charge in [0.25, 0.3) is 0 Å². The van der Waals surface area contributed by atoms with E-state index in [1.54, 1.807) is 4.57 Å². The molecular formula is C33H31N7OS. The summed E-state index contributed by atoms with van der Waals surface area (Å²) >= 11 is 5.99. The zero-order chi connectivity index (χ0) is 29.1. The first-order valence-electron chi connectivity index (χ1n) is 13.8. The normalized spacial score (nSPS) is 11.1. The Morgan fingerprint density at radius 3 is 2.14 bits per heavy atom. The molecule has 210 valence electrons.